The summed E-state index contributed by atoms with van der Waals surface area (Å²) in [5.41, 5.74) is 8.16. The molecule has 5 heteroatoms. The van der Waals surface area contributed by atoms with Gasteiger partial charge in [0, 0.05) is 12.6 Å². The molecule has 0 spiro atoms. The molecule has 0 aliphatic heterocycles. The number of nitrogen functional groups attached to an aromatic ring is 1. The van der Waals surface area contributed by atoms with Crippen LogP contribution in [0.2, 0.25) is 0 Å². The van der Waals surface area contributed by atoms with Crippen molar-refractivity contribution in [2.24, 2.45) is 0 Å². The maximum atomic E-state index is 9.22. The summed E-state index contributed by atoms with van der Waals surface area (Å²) in [6.45, 7) is 0. The van der Waals surface area contributed by atoms with Crippen molar-refractivity contribution in [3.8, 4) is 5.75 Å². The van der Waals surface area contributed by atoms with Crippen LogP contribution in [0.1, 0.15) is 11.4 Å². The predicted octanol–water partition coefficient (Wildman–Crippen LogP) is 1.61. The fourth-order valence-electron chi connectivity index (χ4n) is 1.84. The summed E-state index contributed by atoms with van der Waals surface area (Å²) >= 11 is 0. The van der Waals surface area contributed by atoms with Crippen molar-refractivity contribution in [2.45, 2.75) is 6.42 Å². The molecule has 3 N–H and O–H groups in total. The fourth-order valence-corrected chi connectivity index (χ4v) is 1.84. The number of hydrogen-bond donors (Lipinski definition) is 2. The molecule has 2 aromatic heterocycles. The van der Waals surface area contributed by atoms with E-state index in [4.69, 9.17) is 5.73 Å². The molecule has 1 aromatic carbocycles. The number of anilines is 1. The molecule has 2 heterocycles. The highest BCUT2D eigenvalue weighted by atomic mass is 16.3. The van der Waals surface area contributed by atoms with E-state index in [2.05, 4.69) is 10.1 Å². The van der Waals surface area contributed by atoms with Gasteiger partial charge in [-0.15, -0.1) is 0 Å². The predicted molar refractivity (Wildman–Crippen MR) is 68.3 cm³/mol. The first kappa shape index (κ1) is 10.6. The minimum absolute atomic E-state index is 0.256. The fraction of sp³-hybridized carbons (Fsp3) is 0.0769. The Morgan fingerprint density at radius 3 is 2.67 bits per heavy atom. The summed E-state index contributed by atoms with van der Waals surface area (Å²) in [7, 11) is 0. The van der Waals surface area contributed by atoms with Crippen molar-refractivity contribution in [1.82, 2.24) is 14.6 Å². The molecule has 3 rings (SSSR count). The van der Waals surface area contributed by atoms with E-state index >= 15 is 0 Å². The van der Waals surface area contributed by atoms with Gasteiger partial charge >= 0.3 is 0 Å². The molecular formula is C13H12N4O. The highest BCUT2D eigenvalue weighted by Gasteiger charge is 2.06. The third kappa shape index (κ3) is 1.86. The lowest BCUT2D eigenvalue weighted by Crippen LogP contribution is -1.92. The van der Waals surface area contributed by atoms with Crippen LogP contribution in [0.25, 0.3) is 5.65 Å². The smallest absolute Gasteiger partial charge is 0.178 e. The molecule has 0 saturated carbocycles. The van der Waals surface area contributed by atoms with Gasteiger partial charge in [-0.1, -0.05) is 12.1 Å². The zero-order valence-electron chi connectivity index (χ0n) is 9.61. The van der Waals surface area contributed by atoms with E-state index in [0.717, 1.165) is 5.56 Å². The van der Waals surface area contributed by atoms with Crippen molar-refractivity contribution < 1.29 is 5.11 Å². The van der Waals surface area contributed by atoms with Crippen molar-refractivity contribution in [3.63, 3.8) is 0 Å². The van der Waals surface area contributed by atoms with Gasteiger partial charge in [-0.25, -0.2) is 9.50 Å². The summed E-state index contributed by atoms with van der Waals surface area (Å²) < 4.78 is 1.67. The van der Waals surface area contributed by atoms with E-state index < -0.39 is 0 Å². The monoisotopic (exact) mass is 240 g/mol. The normalized spacial score (nSPS) is 10.9. The molecule has 0 amide bonds. The Labute approximate surface area is 104 Å². The van der Waals surface area contributed by atoms with Gasteiger partial charge in [0.15, 0.2) is 11.5 Å². The van der Waals surface area contributed by atoms with Crippen molar-refractivity contribution in [2.75, 3.05) is 5.73 Å². The average molecular weight is 240 g/mol. The number of phenolic OH excluding ortho intramolecular Hbond substituents is 1. The zero-order chi connectivity index (χ0) is 12.5. The number of rotatable bonds is 2. The van der Waals surface area contributed by atoms with Gasteiger partial charge in [0.2, 0.25) is 0 Å². The van der Waals surface area contributed by atoms with Gasteiger partial charge in [0.1, 0.15) is 5.75 Å². The first-order chi connectivity index (χ1) is 8.72. The SMILES string of the molecule is Nc1cccn2nc(Cc3ccc(O)cc3)nc12. The van der Waals surface area contributed by atoms with Gasteiger partial charge in [-0.2, -0.15) is 5.10 Å². The third-order valence-electron chi connectivity index (χ3n) is 2.73. The molecule has 0 atom stereocenters. The Hall–Kier alpha value is -2.56. The van der Waals surface area contributed by atoms with Crippen LogP contribution in [0.15, 0.2) is 42.6 Å². The maximum Gasteiger partial charge on any atom is 0.178 e. The van der Waals surface area contributed by atoms with E-state index in [1.807, 2.05) is 24.4 Å². The summed E-state index contributed by atoms with van der Waals surface area (Å²) in [5, 5.41) is 13.6. The highest BCUT2D eigenvalue weighted by molar-refractivity contribution is 5.63. The zero-order valence-corrected chi connectivity index (χ0v) is 9.61. The van der Waals surface area contributed by atoms with Crippen LogP contribution in [-0.4, -0.2) is 19.7 Å². The maximum absolute atomic E-state index is 9.22. The number of nitrogens with zero attached hydrogens (tertiary/aromatic N) is 3. The van der Waals surface area contributed by atoms with Crippen LogP contribution in [-0.2, 0) is 6.42 Å². The summed E-state index contributed by atoms with van der Waals surface area (Å²) in [6, 6.07) is 10.6. The quantitative estimate of drug-likeness (QED) is 0.713. The minimum Gasteiger partial charge on any atom is -0.508 e. The van der Waals surface area contributed by atoms with Gasteiger partial charge < -0.3 is 10.8 Å². The molecule has 3 aromatic rings. The molecule has 0 aliphatic carbocycles. The Morgan fingerprint density at radius 2 is 1.94 bits per heavy atom. The highest BCUT2D eigenvalue weighted by Crippen LogP contribution is 2.14. The molecule has 5 nitrogen and oxygen atoms in total. The van der Waals surface area contributed by atoms with Crippen molar-refractivity contribution in [1.29, 1.82) is 0 Å². The summed E-state index contributed by atoms with van der Waals surface area (Å²) in [4.78, 5) is 4.39. The number of aromatic nitrogens is 3. The average Bonchev–Trinajstić information content (AvgIpc) is 2.76. The number of nitrogens with two attached hydrogens (primary N) is 1. The molecule has 0 unspecified atom stereocenters. The second-order valence-electron chi connectivity index (χ2n) is 4.10. The number of aromatic hydroxyl groups is 1. The van der Waals surface area contributed by atoms with Crippen LogP contribution >= 0.6 is 0 Å². The molecule has 90 valence electrons. The molecule has 18 heavy (non-hydrogen) atoms. The second-order valence-corrected chi connectivity index (χ2v) is 4.10. The standard InChI is InChI=1S/C13H12N4O/c14-11-2-1-7-17-13(11)15-12(16-17)8-9-3-5-10(18)6-4-9/h1-7,18H,8,14H2. The molecular weight excluding hydrogens is 228 g/mol. The Morgan fingerprint density at radius 1 is 1.17 bits per heavy atom. The lowest BCUT2D eigenvalue weighted by Gasteiger charge is -1.96. The van der Waals surface area contributed by atoms with Crippen LogP contribution in [0.4, 0.5) is 5.69 Å². The Balaban J connectivity index is 1.95. The molecule has 0 fully saturated rings. The van der Waals surface area contributed by atoms with E-state index in [1.54, 1.807) is 22.7 Å². The molecule has 0 bridgehead atoms. The van der Waals surface area contributed by atoms with Gasteiger partial charge in [0.25, 0.3) is 0 Å². The number of benzene rings is 1. The Kier molecular flexibility index (Phi) is 2.37. The van der Waals surface area contributed by atoms with E-state index in [9.17, 15) is 5.11 Å². The van der Waals surface area contributed by atoms with E-state index in [0.29, 0.717) is 23.6 Å². The third-order valence-corrected chi connectivity index (χ3v) is 2.73. The first-order valence-corrected chi connectivity index (χ1v) is 5.60. The van der Waals surface area contributed by atoms with Crippen LogP contribution < -0.4 is 5.73 Å². The van der Waals surface area contributed by atoms with Gasteiger partial charge in [0.05, 0.1) is 5.69 Å². The number of fused-ring (bicyclic) bond motifs is 1. The summed E-state index contributed by atoms with van der Waals surface area (Å²) in [5.74, 6) is 0.963. The largest absolute Gasteiger partial charge is 0.508 e. The molecule has 0 radical (unpaired) electrons. The molecule has 0 aliphatic rings. The topological polar surface area (TPSA) is 76.4 Å². The first-order valence-electron chi connectivity index (χ1n) is 5.60. The minimum atomic E-state index is 0.256. The van der Waals surface area contributed by atoms with Crippen LogP contribution in [0.5, 0.6) is 5.75 Å². The van der Waals surface area contributed by atoms with Gasteiger partial charge in [-0.05, 0) is 29.8 Å². The number of phenols is 1. The number of pyridine rings is 1. The van der Waals surface area contributed by atoms with Crippen molar-refractivity contribution >= 4 is 11.3 Å². The van der Waals surface area contributed by atoms with E-state index in [-0.39, 0.29) is 5.75 Å². The number of hydrogen-bond acceptors (Lipinski definition) is 4. The Bertz CT molecular complexity index is 688. The lowest BCUT2D eigenvalue weighted by atomic mass is 10.1. The van der Waals surface area contributed by atoms with Crippen molar-refractivity contribution in [3.05, 3.63) is 54.0 Å². The van der Waals surface area contributed by atoms with Crippen LogP contribution in [0, 0.1) is 0 Å². The van der Waals surface area contributed by atoms with Gasteiger partial charge in [-0.3, -0.25) is 0 Å². The second kappa shape index (κ2) is 4.03. The molecule has 0 saturated heterocycles. The van der Waals surface area contributed by atoms with E-state index in [1.165, 1.54) is 0 Å². The lowest BCUT2D eigenvalue weighted by molar-refractivity contribution is 0.475. The summed E-state index contributed by atoms with van der Waals surface area (Å²) in [6.07, 6.45) is 2.43. The van der Waals surface area contributed by atoms with Crippen LogP contribution in [0.3, 0.4) is 0 Å².